The molecule has 0 unspecified atom stereocenters. The molecule has 0 amide bonds. The molecule has 2 N–H and O–H groups in total. The molecule has 3 rings (SSSR count). The summed E-state index contributed by atoms with van der Waals surface area (Å²) in [7, 11) is -7.61. The molecule has 134 valence electrons. The predicted octanol–water partition coefficient (Wildman–Crippen LogP) is 3.23. The fraction of sp³-hybridized carbons (Fsp3) is 0.200. The van der Waals surface area contributed by atoms with Gasteiger partial charge in [0.2, 0.25) is 10.0 Å². The number of hydrogen-bond donors (Lipinski definition) is 2. The Labute approximate surface area is 156 Å². The van der Waals surface area contributed by atoms with Crippen molar-refractivity contribution >= 4 is 48.9 Å². The Kier molecular flexibility index (Phi) is 5.00. The molecule has 1 aliphatic carbocycles. The van der Waals surface area contributed by atoms with Crippen LogP contribution in [0.4, 0.5) is 5.69 Å². The number of sulfonamides is 2. The minimum Gasteiger partial charge on any atom is -0.280 e. The van der Waals surface area contributed by atoms with E-state index in [2.05, 4.69) is 9.44 Å². The zero-order valence-corrected chi connectivity index (χ0v) is 15.9. The smallest absolute Gasteiger partial charge is 0.261 e. The van der Waals surface area contributed by atoms with Crippen molar-refractivity contribution in [2.75, 3.05) is 4.72 Å². The number of anilines is 1. The molecule has 1 fully saturated rings. The van der Waals surface area contributed by atoms with Gasteiger partial charge in [-0.1, -0.05) is 29.3 Å². The van der Waals surface area contributed by atoms with Crippen molar-refractivity contribution in [1.29, 1.82) is 0 Å². The van der Waals surface area contributed by atoms with Crippen LogP contribution in [0.15, 0.2) is 52.3 Å². The standard InChI is InChI=1S/C15H14Cl2N2O4S2/c16-14-7-6-13(9-15(14)17)25(22,23)19-11-2-1-3-12(8-11)24(20,21)18-10-4-5-10/h1-3,6-10,18-19H,4-5H2. The highest BCUT2D eigenvalue weighted by Crippen LogP contribution is 2.27. The Balaban J connectivity index is 1.87. The van der Waals surface area contributed by atoms with Crippen LogP contribution < -0.4 is 9.44 Å². The molecular weight excluding hydrogens is 407 g/mol. The van der Waals surface area contributed by atoms with E-state index in [0.717, 1.165) is 12.8 Å². The Hall–Kier alpha value is -1.32. The lowest BCUT2D eigenvalue weighted by atomic mass is 10.3. The fourth-order valence-electron chi connectivity index (χ4n) is 2.07. The van der Waals surface area contributed by atoms with Gasteiger partial charge >= 0.3 is 0 Å². The summed E-state index contributed by atoms with van der Waals surface area (Å²) < 4.78 is 54.2. The number of hydrogen-bond acceptors (Lipinski definition) is 4. The van der Waals surface area contributed by atoms with Crippen LogP contribution in [0.3, 0.4) is 0 Å². The first kappa shape index (κ1) is 18.5. The van der Waals surface area contributed by atoms with Crippen molar-refractivity contribution in [2.24, 2.45) is 0 Å². The van der Waals surface area contributed by atoms with Gasteiger partial charge in [0, 0.05) is 6.04 Å². The first-order chi connectivity index (χ1) is 11.7. The van der Waals surface area contributed by atoms with E-state index in [0.29, 0.717) is 0 Å². The van der Waals surface area contributed by atoms with E-state index in [1.54, 1.807) is 0 Å². The average Bonchev–Trinajstić information content (AvgIpc) is 3.33. The maximum atomic E-state index is 12.4. The van der Waals surface area contributed by atoms with Crippen molar-refractivity contribution < 1.29 is 16.8 Å². The van der Waals surface area contributed by atoms with Crippen LogP contribution in [-0.4, -0.2) is 22.9 Å². The summed E-state index contributed by atoms with van der Waals surface area (Å²) in [4.78, 5) is -0.0833. The van der Waals surface area contributed by atoms with Crippen LogP contribution in [0.2, 0.25) is 10.0 Å². The van der Waals surface area contributed by atoms with Gasteiger partial charge in [0.1, 0.15) is 0 Å². The van der Waals surface area contributed by atoms with Crippen LogP contribution in [0.25, 0.3) is 0 Å². The Morgan fingerprint density at radius 2 is 1.52 bits per heavy atom. The first-order valence-electron chi connectivity index (χ1n) is 7.28. The number of halogens is 2. The van der Waals surface area contributed by atoms with E-state index < -0.39 is 20.0 Å². The summed E-state index contributed by atoms with van der Waals surface area (Å²) in [5.41, 5.74) is 0.129. The summed E-state index contributed by atoms with van der Waals surface area (Å²) in [5, 5.41) is 0.342. The van der Waals surface area contributed by atoms with Crippen LogP contribution >= 0.6 is 23.2 Å². The zero-order chi connectivity index (χ0) is 18.2. The van der Waals surface area contributed by atoms with E-state index in [-0.39, 0.29) is 31.6 Å². The summed E-state index contributed by atoms with van der Waals surface area (Å²) in [6.07, 6.45) is 1.62. The molecule has 0 saturated heterocycles. The molecular formula is C15H14Cl2N2O4S2. The molecule has 0 spiro atoms. The number of benzene rings is 2. The fourth-order valence-corrected chi connectivity index (χ4v) is 4.86. The third-order valence-corrected chi connectivity index (χ3v) is 7.13. The molecule has 10 heteroatoms. The second-order valence-corrected chi connectivity index (χ2v) is 9.82. The van der Waals surface area contributed by atoms with Crippen molar-refractivity contribution in [3.05, 3.63) is 52.5 Å². The third-order valence-electron chi connectivity index (χ3n) is 3.50. The molecule has 0 bridgehead atoms. The van der Waals surface area contributed by atoms with Crippen LogP contribution in [0.5, 0.6) is 0 Å². The molecule has 1 aliphatic rings. The molecule has 0 atom stereocenters. The zero-order valence-electron chi connectivity index (χ0n) is 12.7. The maximum Gasteiger partial charge on any atom is 0.261 e. The molecule has 2 aromatic rings. The lowest BCUT2D eigenvalue weighted by molar-refractivity contribution is 0.581. The summed E-state index contributed by atoms with van der Waals surface area (Å²) in [6.45, 7) is 0. The molecule has 2 aromatic carbocycles. The number of rotatable bonds is 6. The van der Waals surface area contributed by atoms with E-state index >= 15 is 0 Å². The molecule has 0 heterocycles. The third kappa shape index (κ3) is 4.45. The SMILES string of the molecule is O=S(=O)(Nc1cccc(S(=O)(=O)NC2CC2)c1)c1ccc(Cl)c(Cl)c1. The summed E-state index contributed by atoms with van der Waals surface area (Å²) >= 11 is 11.6. The van der Waals surface area contributed by atoms with Gasteiger partial charge < -0.3 is 0 Å². The monoisotopic (exact) mass is 420 g/mol. The van der Waals surface area contributed by atoms with Gasteiger partial charge in [0.05, 0.1) is 25.5 Å². The maximum absolute atomic E-state index is 12.4. The van der Waals surface area contributed by atoms with Crippen molar-refractivity contribution in [1.82, 2.24) is 4.72 Å². The van der Waals surface area contributed by atoms with Gasteiger partial charge in [-0.05, 0) is 49.2 Å². The van der Waals surface area contributed by atoms with Crippen molar-refractivity contribution in [3.63, 3.8) is 0 Å². The van der Waals surface area contributed by atoms with Gasteiger partial charge in [-0.2, -0.15) is 0 Å². The highest BCUT2D eigenvalue weighted by Gasteiger charge is 2.28. The Morgan fingerprint density at radius 3 is 2.16 bits per heavy atom. The van der Waals surface area contributed by atoms with E-state index in [9.17, 15) is 16.8 Å². The molecule has 6 nitrogen and oxygen atoms in total. The highest BCUT2D eigenvalue weighted by molar-refractivity contribution is 7.92. The minimum absolute atomic E-state index is 0.00580. The predicted molar refractivity (Wildman–Crippen MR) is 97.1 cm³/mol. The second-order valence-electron chi connectivity index (χ2n) is 5.60. The van der Waals surface area contributed by atoms with Crippen LogP contribution in [0, 0.1) is 0 Å². The van der Waals surface area contributed by atoms with Crippen LogP contribution in [0.1, 0.15) is 12.8 Å². The lowest BCUT2D eigenvalue weighted by Gasteiger charge is -2.11. The topological polar surface area (TPSA) is 92.3 Å². The summed E-state index contributed by atoms with van der Waals surface area (Å²) in [5.74, 6) is 0. The molecule has 25 heavy (non-hydrogen) atoms. The molecule has 0 aromatic heterocycles. The second kappa shape index (κ2) is 6.77. The van der Waals surface area contributed by atoms with Gasteiger partial charge in [-0.3, -0.25) is 4.72 Å². The Bertz CT molecular complexity index is 1020. The largest absolute Gasteiger partial charge is 0.280 e. The quantitative estimate of drug-likeness (QED) is 0.749. The average molecular weight is 421 g/mol. The first-order valence-corrected chi connectivity index (χ1v) is 11.0. The molecule has 1 saturated carbocycles. The van der Waals surface area contributed by atoms with E-state index in [1.165, 1.54) is 42.5 Å². The summed E-state index contributed by atoms with van der Waals surface area (Å²) in [6, 6.07) is 9.47. The van der Waals surface area contributed by atoms with Gasteiger partial charge in [0.15, 0.2) is 0 Å². The van der Waals surface area contributed by atoms with Gasteiger partial charge in [0.25, 0.3) is 10.0 Å². The lowest BCUT2D eigenvalue weighted by Crippen LogP contribution is -2.25. The van der Waals surface area contributed by atoms with E-state index in [4.69, 9.17) is 23.2 Å². The molecule has 0 aliphatic heterocycles. The normalized spacial score (nSPS) is 15.1. The van der Waals surface area contributed by atoms with Gasteiger partial charge in [-0.25, -0.2) is 21.6 Å². The Morgan fingerprint density at radius 1 is 0.840 bits per heavy atom. The highest BCUT2D eigenvalue weighted by atomic mass is 35.5. The van der Waals surface area contributed by atoms with E-state index in [1.807, 2.05) is 0 Å². The van der Waals surface area contributed by atoms with Crippen molar-refractivity contribution in [3.8, 4) is 0 Å². The molecule has 0 radical (unpaired) electrons. The van der Waals surface area contributed by atoms with Crippen molar-refractivity contribution in [2.45, 2.75) is 28.7 Å². The van der Waals surface area contributed by atoms with Crippen LogP contribution in [-0.2, 0) is 20.0 Å². The van der Waals surface area contributed by atoms with Gasteiger partial charge in [-0.15, -0.1) is 0 Å². The number of nitrogens with one attached hydrogen (secondary N) is 2. The minimum atomic E-state index is -3.93.